The Labute approximate surface area is 76.5 Å². The molecule has 5 heteroatoms. The molecule has 0 aromatic heterocycles. The van der Waals surface area contributed by atoms with E-state index in [0.29, 0.717) is 6.61 Å². The van der Waals surface area contributed by atoms with Gasteiger partial charge in [0.2, 0.25) is 0 Å². The van der Waals surface area contributed by atoms with Crippen molar-refractivity contribution in [3.05, 3.63) is 0 Å². The number of alkyl halides is 3. The van der Waals surface area contributed by atoms with Gasteiger partial charge >= 0.3 is 6.18 Å². The number of hydrogen-bond donors (Lipinski definition) is 1. The molecular formula is C8H16F3NO. The van der Waals surface area contributed by atoms with Gasteiger partial charge in [-0.1, -0.05) is 0 Å². The highest BCUT2D eigenvalue weighted by molar-refractivity contribution is 4.60. The predicted molar refractivity (Wildman–Crippen MR) is 44.6 cm³/mol. The summed E-state index contributed by atoms with van der Waals surface area (Å²) < 4.78 is 40.1. The van der Waals surface area contributed by atoms with E-state index in [9.17, 15) is 13.2 Å². The van der Waals surface area contributed by atoms with Gasteiger partial charge in [-0.3, -0.25) is 0 Å². The highest BCUT2D eigenvalue weighted by atomic mass is 19.4. The second-order valence-corrected chi connectivity index (χ2v) is 3.75. The molecule has 2 nitrogen and oxygen atoms in total. The molecule has 0 rings (SSSR count). The van der Waals surface area contributed by atoms with Gasteiger partial charge in [0.05, 0.1) is 18.8 Å². The first-order valence-corrected chi connectivity index (χ1v) is 4.12. The molecule has 0 aliphatic rings. The normalized spacial score (nSPS) is 13.4. The summed E-state index contributed by atoms with van der Waals surface area (Å²) in [5, 5.41) is 2.25. The Kier molecular flexibility index (Phi) is 4.70. The van der Waals surface area contributed by atoms with Crippen molar-refractivity contribution in [1.82, 2.24) is 5.32 Å². The van der Waals surface area contributed by atoms with Crippen molar-refractivity contribution in [2.45, 2.75) is 32.5 Å². The Bertz CT molecular complexity index is 123. The standard InChI is InChI=1S/C8H16F3NO/c1-7(2,3)13-5-4-12-6-8(9,10)11/h12H,4-6H2,1-3H3. The first-order valence-electron chi connectivity index (χ1n) is 4.12. The third-order valence-electron chi connectivity index (χ3n) is 1.14. The Morgan fingerprint density at radius 3 is 2.08 bits per heavy atom. The van der Waals surface area contributed by atoms with E-state index in [1.54, 1.807) is 0 Å². The summed E-state index contributed by atoms with van der Waals surface area (Å²) in [4.78, 5) is 0. The fourth-order valence-electron chi connectivity index (χ4n) is 0.660. The van der Waals surface area contributed by atoms with Crippen LogP contribution in [-0.4, -0.2) is 31.5 Å². The first kappa shape index (κ1) is 12.7. The van der Waals surface area contributed by atoms with Gasteiger partial charge in [0, 0.05) is 6.54 Å². The molecule has 0 aromatic carbocycles. The topological polar surface area (TPSA) is 21.3 Å². The second kappa shape index (κ2) is 4.81. The monoisotopic (exact) mass is 199 g/mol. The molecule has 80 valence electrons. The number of ether oxygens (including phenoxy) is 1. The zero-order valence-corrected chi connectivity index (χ0v) is 8.16. The van der Waals surface area contributed by atoms with Gasteiger partial charge in [0.1, 0.15) is 0 Å². The fourth-order valence-corrected chi connectivity index (χ4v) is 0.660. The summed E-state index contributed by atoms with van der Waals surface area (Å²) in [6, 6.07) is 0. The lowest BCUT2D eigenvalue weighted by Gasteiger charge is -2.19. The molecule has 0 unspecified atom stereocenters. The molecule has 0 atom stereocenters. The molecule has 1 N–H and O–H groups in total. The summed E-state index contributed by atoms with van der Waals surface area (Å²) in [6.07, 6.45) is -4.14. The highest BCUT2D eigenvalue weighted by Gasteiger charge is 2.25. The number of rotatable bonds is 4. The maximum absolute atomic E-state index is 11.6. The van der Waals surface area contributed by atoms with Crippen molar-refractivity contribution in [3.8, 4) is 0 Å². The second-order valence-electron chi connectivity index (χ2n) is 3.75. The Balaban J connectivity index is 3.28. The average Bonchev–Trinajstić information content (AvgIpc) is 1.81. The number of halogens is 3. The van der Waals surface area contributed by atoms with Crippen LogP contribution in [0, 0.1) is 0 Å². The molecule has 0 radical (unpaired) electrons. The van der Waals surface area contributed by atoms with Crippen LogP contribution in [0.25, 0.3) is 0 Å². The lowest BCUT2D eigenvalue weighted by atomic mass is 10.2. The number of nitrogens with one attached hydrogen (secondary N) is 1. The van der Waals surface area contributed by atoms with Crippen LogP contribution in [0.1, 0.15) is 20.8 Å². The lowest BCUT2D eigenvalue weighted by molar-refractivity contribution is -0.125. The first-order chi connectivity index (χ1) is 5.71. The predicted octanol–water partition coefficient (Wildman–Crippen LogP) is 1.95. The minimum absolute atomic E-state index is 0.219. The largest absolute Gasteiger partial charge is 0.401 e. The van der Waals surface area contributed by atoms with E-state index in [0.717, 1.165) is 0 Å². The molecule has 0 aliphatic carbocycles. The van der Waals surface area contributed by atoms with Crippen molar-refractivity contribution < 1.29 is 17.9 Å². The maximum atomic E-state index is 11.6. The summed E-state index contributed by atoms with van der Waals surface area (Å²) in [6.45, 7) is 5.13. The number of hydrogen-bond acceptors (Lipinski definition) is 2. The van der Waals surface area contributed by atoms with Gasteiger partial charge < -0.3 is 10.1 Å². The van der Waals surface area contributed by atoms with E-state index in [-0.39, 0.29) is 12.1 Å². The third kappa shape index (κ3) is 11.7. The average molecular weight is 199 g/mol. The molecule has 0 aromatic rings. The van der Waals surface area contributed by atoms with E-state index in [1.807, 2.05) is 20.8 Å². The quantitative estimate of drug-likeness (QED) is 0.699. The lowest BCUT2D eigenvalue weighted by Crippen LogP contribution is -2.33. The molecule has 0 saturated heterocycles. The summed E-state index contributed by atoms with van der Waals surface area (Å²) >= 11 is 0. The zero-order valence-electron chi connectivity index (χ0n) is 8.16. The van der Waals surface area contributed by atoms with Crippen molar-refractivity contribution in [2.24, 2.45) is 0 Å². The SMILES string of the molecule is CC(C)(C)OCCNCC(F)(F)F. The van der Waals surface area contributed by atoms with E-state index >= 15 is 0 Å². The molecule has 0 bridgehead atoms. The van der Waals surface area contributed by atoms with E-state index in [4.69, 9.17) is 4.74 Å². The Hall–Kier alpha value is -0.290. The molecule has 0 amide bonds. The maximum Gasteiger partial charge on any atom is 0.401 e. The van der Waals surface area contributed by atoms with Gasteiger partial charge in [-0.05, 0) is 20.8 Å². The van der Waals surface area contributed by atoms with Crippen molar-refractivity contribution in [2.75, 3.05) is 19.7 Å². The van der Waals surface area contributed by atoms with E-state index < -0.39 is 12.7 Å². The van der Waals surface area contributed by atoms with Crippen LogP contribution in [-0.2, 0) is 4.74 Å². The minimum Gasteiger partial charge on any atom is -0.375 e. The zero-order chi connectivity index (χ0) is 10.5. The Morgan fingerprint density at radius 1 is 1.15 bits per heavy atom. The third-order valence-corrected chi connectivity index (χ3v) is 1.14. The van der Waals surface area contributed by atoms with Crippen LogP contribution in [0.4, 0.5) is 13.2 Å². The molecule has 0 heterocycles. The van der Waals surface area contributed by atoms with Crippen molar-refractivity contribution >= 4 is 0 Å². The van der Waals surface area contributed by atoms with Crippen LogP contribution in [0.2, 0.25) is 0 Å². The fraction of sp³-hybridized carbons (Fsp3) is 1.00. The summed E-state index contributed by atoms with van der Waals surface area (Å²) in [7, 11) is 0. The van der Waals surface area contributed by atoms with Crippen LogP contribution >= 0.6 is 0 Å². The van der Waals surface area contributed by atoms with Crippen molar-refractivity contribution in [3.63, 3.8) is 0 Å². The van der Waals surface area contributed by atoms with Gasteiger partial charge in [-0.2, -0.15) is 13.2 Å². The van der Waals surface area contributed by atoms with Crippen LogP contribution in [0.5, 0.6) is 0 Å². The van der Waals surface area contributed by atoms with Gasteiger partial charge in [0.25, 0.3) is 0 Å². The molecule has 0 spiro atoms. The minimum atomic E-state index is -4.14. The van der Waals surface area contributed by atoms with Crippen LogP contribution in [0.15, 0.2) is 0 Å². The summed E-state index contributed by atoms with van der Waals surface area (Å²) in [5.41, 5.74) is -0.292. The highest BCUT2D eigenvalue weighted by Crippen LogP contribution is 2.12. The molecule has 0 aliphatic heterocycles. The molecule has 0 fully saturated rings. The smallest absolute Gasteiger partial charge is 0.375 e. The molecule has 13 heavy (non-hydrogen) atoms. The van der Waals surface area contributed by atoms with Crippen LogP contribution in [0.3, 0.4) is 0 Å². The van der Waals surface area contributed by atoms with E-state index in [2.05, 4.69) is 5.32 Å². The Morgan fingerprint density at radius 2 is 1.69 bits per heavy atom. The van der Waals surface area contributed by atoms with Crippen molar-refractivity contribution in [1.29, 1.82) is 0 Å². The van der Waals surface area contributed by atoms with Gasteiger partial charge in [-0.15, -0.1) is 0 Å². The summed E-state index contributed by atoms with van der Waals surface area (Å²) in [5.74, 6) is 0. The van der Waals surface area contributed by atoms with E-state index in [1.165, 1.54) is 0 Å². The van der Waals surface area contributed by atoms with Gasteiger partial charge in [-0.25, -0.2) is 0 Å². The van der Waals surface area contributed by atoms with Crippen LogP contribution < -0.4 is 5.32 Å². The molecular weight excluding hydrogens is 183 g/mol. The molecule has 0 saturated carbocycles. The van der Waals surface area contributed by atoms with Gasteiger partial charge in [0.15, 0.2) is 0 Å².